The van der Waals surface area contributed by atoms with E-state index in [2.05, 4.69) is 6.92 Å². The van der Waals surface area contributed by atoms with Gasteiger partial charge in [-0.05, 0) is 18.6 Å². The zero-order valence-corrected chi connectivity index (χ0v) is 21.0. The summed E-state index contributed by atoms with van der Waals surface area (Å²) in [5.74, 6) is -0.203. The molecule has 0 aliphatic heterocycles. The lowest BCUT2D eigenvalue weighted by atomic mass is 10.0. The van der Waals surface area contributed by atoms with Crippen LogP contribution in [0, 0.1) is 10.1 Å². The Labute approximate surface area is 200 Å². The van der Waals surface area contributed by atoms with Gasteiger partial charge < -0.3 is 4.90 Å². The van der Waals surface area contributed by atoms with Gasteiger partial charge in [-0.2, -0.15) is 0 Å². The van der Waals surface area contributed by atoms with Crippen LogP contribution in [0.2, 0.25) is 5.02 Å². The van der Waals surface area contributed by atoms with Crippen molar-refractivity contribution in [3.63, 3.8) is 0 Å². The van der Waals surface area contributed by atoms with Crippen molar-refractivity contribution in [3.8, 4) is 0 Å². The van der Waals surface area contributed by atoms with Gasteiger partial charge in [-0.15, -0.1) is 0 Å². The van der Waals surface area contributed by atoms with Crippen molar-refractivity contribution in [3.05, 3.63) is 38.9 Å². The number of nitro groups is 1. The van der Waals surface area contributed by atoms with Crippen LogP contribution in [0.5, 0.6) is 0 Å². The quantitative estimate of drug-likeness (QED) is 0.116. The second-order valence-corrected chi connectivity index (χ2v) is 9.36. The number of nitrogens with zero attached hydrogens (tertiary/aromatic N) is 2. The number of unbranched alkanes of at least 4 members (excludes halogenated alkanes) is 15. The van der Waals surface area contributed by atoms with E-state index in [1.54, 1.807) is 18.0 Å². The van der Waals surface area contributed by atoms with Crippen molar-refractivity contribution in [2.45, 2.75) is 110 Å². The minimum Gasteiger partial charge on any atom is -0.342 e. The molecule has 0 saturated heterocycles. The molecule has 0 aromatic heterocycles. The molecule has 32 heavy (non-hydrogen) atoms. The van der Waals surface area contributed by atoms with Gasteiger partial charge in [0.2, 0.25) is 0 Å². The van der Waals surface area contributed by atoms with Crippen molar-refractivity contribution in [1.29, 1.82) is 0 Å². The van der Waals surface area contributed by atoms with E-state index in [0.29, 0.717) is 12.1 Å². The molecule has 1 aromatic rings. The lowest BCUT2D eigenvalue weighted by molar-refractivity contribution is -0.384. The number of hydrogen-bond donors (Lipinski definition) is 0. The third-order valence-corrected chi connectivity index (χ3v) is 6.40. The van der Waals surface area contributed by atoms with Crippen LogP contribution < -0.4 is 0 Å². The summed E-state index contributed by atoms with van der Waals surface area (Å²) in [6.07, 6.45) is 21.1. The highest BCUT2D eigenvalue weighted by Gasteiger charge is 2.18. The summed E-state index contributed by atoms with van der Waals surface area (Å²) in [6.45, 7) is 2.93. The zero-order valence-electron chi connectivity index (χ0n) is 20.3. The monoisotopic (exact) mass is 466 g/mol. The van der Waals surface area contributed by atoms with E-state index in [9.17, 15) is 14.9 Å². The molecule has 0 aliphatic carbocycles. The highest BCUT2D eigenvalue weighted by atomic mass is 35.5. The maximum Gasteiger partial charge on any atom is 0.288 e. The molecule has 6 heteroatoms. The predicted molar refractivity (Wildman–Crippen MR) is 135 cm³/mol. The molecule has 0 radical (unpaired) electrons. The molecule has 1 amide bonds. The number of hydrogen-bond acceptors (Lipinski definition) is 3. The molecule has 0 fully saturated rings. The maximum absolute atomic E-state index is 12.5. The number of carbonyl (C=O) groups is 1. The number of nitro benzene ring substituents is 1. The summed E-state index contributed by atoms with van der Waals surface area (Å²) in [4.78, 5) is 24.6. The Morgan fingerprint density at radius 1 is 0.844 bits per heavy atom. The molecule has 1 rings (SSSR count). The highest BCUT2D eigenvalue weighted by Crippen LogP contribution is 2.25. The summed E-state index contributed by atoms with van der Waals surface area (Å²) >= 11 is 5.82. The maximum atomic E-state index is 12.5. The van der Waals surface area contributed by atoms with Crippen LogP contribution in [0.3, 0.4) is 0 Å². The van der Waals surface area contributed by atoms with Gasteiger partial charge in [-0.3, -0.25) is 14.9 Å². The van der Waals surface area contributed by atoms with Gasteiger partial charge in [-0.1, -0.05) is 115 Å². The van der Waals surface area contributed by atoms with Gasteiger partial charge in [-0.25, -0.2) is 0 Å². The molecule has 1 aromatic carbocycles. The molecule has 0 aliphatic rings. The topological polar surface area (TPSA) is 63.5 Å². The Balaban J connectivity index is 2.00. The van der Waals surface area contributed by atoms with Gasteiger partial charge in [0, 0.05) is 25.2 Å². The molecule has 0 N–H and O–H groups in total. The number of amides is 1. The standard InChI is InChI=1S/C26H43ClN2O3/c1-3-4-5-6-7-8-9-10-11-12-13-14-15-16-17-18-21-28(2)26(30)23-19-20-24(27)25(22-23)29(31)32/h19-20,22H,3-18,21H2,1-2H3. The minimum absolute atomic E-state index is 0.0482. The molecular weight excluding hydrogens is 424 g/mol. The molecule has 0 bridgehead atoms. The average molecular weight is 467 g/mol. The van der Waals surface area contributed by atoms with E-state index >= 15 is 0 Å². The summed E-state index contributed by atoms with van der Waals surface area (Å²) < 4.78 is 0. The van der Waals surface area contributed by atoms with Crippen LogP contribution >= 0.6 is 11.6 Å². The summed E-state index contributed by atoms with van der Waals surface area (Å²) in [5, 5.41) is 11.0. The van der Waals surface area contributed by atoms with Crippen molar-refractivity contribution >= 4 is 23.2 Å². The molecule has 0 atom stereocenters. The van der Waals surface area contributed by atoms with Gasteiger partial charge in [0.25, 0.3) is 11.6 Å². The fourth-order valence-electron chi connectivity index (χ4n) is 4.00. The van der Waals surface area contributed by atoms with Gasteiger partial charge in [0.15, 0.2) is 0 Å². The summed E-state index contributed by atoms with van der Waals surface area (Å²) in [5.41, 5.74) is 0.0772. The predicted octanol–water partition coefficient (Wildman–Crippen LogP) is 8.58. The van der Waals surface area contributed by atoms with Crippen LogP contribution in [0.1, 0.15) is 120 Å². The van der Waals surface area contributed by atoms with E-state index in [4.69, 9.17) is 11.6 Å². The smallest absolute Gasteiger partial charge is 0.288 e. The molecule has 182 valence electrons. The van der Waals surface area contributed by atoms with E-state index in [-0.39, 0.29) is 16.6 Å². The van der Waals surface area contributed by atoms with Crippen molar-refractivity contribution in [1.82, 2.24) is 4.90 Å². The summed E-state index contributed by atoms with van der Waals surface area (Å²) in [7, 11) is 1.74. The number of rotatable bonds is 19. The largest absolute Gasteiger partial charge is 0.342 e. The normalized spacial score (nSPS) is 11.0. The first-order valence-corrected chi connectivity index (χ1v) is 13.0. The Hall–Kier alpha value is -1.62. The number of carbonyl (C=O) groups excluding carboxylic acids is 1. The van der Waals surface area contributed by atoms with Crippen LogP contribution in [-0.2, 0) is 0 Å². The Bertz CT molecular complexity index is 666. The zero-order chi connectivity index (χ0) is 23.6. The molecule has 0 spiro atoms. The average Bonchev–Trinajstić information content (AvgIpc) is 2.78. The van der Waals surface area contributed by atoms with E-state index in [1.807, 2.05) is 0 Å². The first-order chi connectivity index (χ1) is 15.5. The van der Waals surface area contributed by atoms with Crippen LogP contribution in [-0.4, -0.2) is 29.3 Å². The van der Waals surface area contributed by atoms with E-state index in [0.717, 1.165) is 12.8 Å². The third-order valence-electron chi connectivity index (χ3n) is 6.08. The molecule has 0 saturated carbocycles. The lowest BCUT2D eigenvalue weighted by Gasteiger charge is -2.17. The van der Waals surface area contributed by atoms with Crippen molar-refractivity contribution in [2.75, 3.05) is 13.6 Å². The highest BCUT2D eigenvalue weighted by molar-refractivity contribution is 6.32. The summed E-state index contributed by atoms with van der Waals surface area (Å²) in [6, 6.07) is 4.21. The minimum atomic E-state index is -0.561. The third kappa shape index (κ3) is 12.4. The first-order valence-electron chi connectivity index (χ1n) is 12.7. The fourth-order valence-corrected chi connectivity index (χ4v) is 4.19. The Morgan fingerprint density at radius 3 is 1.72 bits per heavy atom. The van der Waals surface area contributed by atoms with Crippen LogP contribution in [0.25, 0.3) is 0 Å². The Kier molecular flexibility index (Phi) is 15.9. The van der Waals surface area contributed by atoms with Gasteiger partial charge >= 0.3 is 0 Å². The van der Waals surface area contributed by atoms with Crippen LogP contribution in [0.15, 0.2) is 18.2 Å². The van der Waals surface area contributed by atoms with Crippen molar-refractivity contribution < 1.29 is 9.72 Å². The van der Waals surface area contributed by atoms with Gasteiger partial charge in [0.05, 0.1) is 4.92 Å². The first kappa shape index (κ1) is 28.4. The second kappa shape index (κ2) is 17.9. The molecule has 5 nitrogen and oxygen atoms in total. The molecule has 0 heterocycles. The van der Waals surface area contributed by atoms with E-state index in [1.165, 1.54) is 102 Å². The van der Waals surface area contributed by atoms with E-state index < -0.39 is 4.92 Å². The molecule has 0 unspecified atom stereocenters. The van der Waals surface area contributed by atoms with Crippen molar-refractivity contribution in [2.24, 2.45) is 0 Å². The number of halogens is 1. The fraction of sp³-hybridized carbons (Fsp3) is 0.731. The van der Waals surface area contributed by atoms with Crippen LogP contribution in [0.4, 0.5) is 5.69 Å². The SMILES string of the molecule is CCCCCCCCCCCCCCCCCCN(C)C(=O)c1ccc(Cl)c([N+](=O)[O-])c1. The second-order valence-electron chi connectivity index (χ2n) is 8.95. The van der Waals surface area contributed by atoms with Gasteiger partial charge in [0.1, 0.15) is 5.02 Å². The number of benzene rings is 1. The lowest BCUT2D eigenvalue weighted by Crippen LogP contribution is -2.27. The molecular formula is C26H43ClN2O3. The Morgan fingerprint density at radius 2 is 1.28 bits per heavy atom.